The fourth-order valence-electron chi connectivity index (χ4n) is 1.73. The third-order valence-electron chi connectivity index (χ3n) is 2.73. The lowest BCUT2D eigenvalue weighted by Crippen LogP contribution is -2.13. The second-order valence-corrected chi connectivity index (χ2v) is 7.06. The molecule has 2 aromatic heterocycles. The van der Waals surface area contributed by atoms with E-state index in [0.29, 0.717) is 10.3 Å². The van der Waals surface area contributed by atoms with E-state index in [0.717, 1.165) is 15.7 Å². The van der Waals surface area contributed by atoms with E-state index in [4.69, 9.17) is 0 Å². The summed E-state index contributed by atoms with van der Waals surface area (Å²) in [4.78, 5) is 23.3. The highest BCUT2D eigenvalue weighted by Gasteiger charge is 2.08. The Morgan fingerprint density at radius 1 is 1.32 bits per heavy atom. The minimum Gasteiger partial charge on any atom is -0.333 e. The standard InChI is InChI=1S/C14H11BrN4OS2/c15-10-3-1-9(2-4-10)11-7-17-14(18-11)22-8-12(20)19-13-16-5-6-21-13/h1-7H,8H2,(H,17,18)(H,16,19,20). The summed E-state index contributed by atoms with van der Waals surface area (Å²) >= 11 is 6.16. The van der Waals surface area contributed by atoms with Gasteiger partial charge in [-0.05, 0) is 17.7 Å². The van der Waals surface area contributed by atoms with Crippen LogP contribution in [0, 0.1) is 0 Å². The number of aromatic amines is 1. The molecule has 5 nitrogen and oxygen atoms in total. The van der Waals surface area contributed by atoms with Crippen LogP contribution < -0.4 is 5.32 Å². The molecule has 0 aliphatic rings. The lowest BCUT2D eigenvalue weighted by Gasteiger charge is -2.00. The van der Waals surface area contributed by atoms with Gasteiger partial charge in [-0.1, -0.05) is 39.8 Å². The van der Waals surface area contributed by atoms with Crippen LogP contribution in [0.3, 0.4) is 0 Å². The monoisotopic (exact) mass is 394 g/mol. The van der Waals surface area contributed by atoms with E-state index in [2.05, 4.69) is 36.2 Å². The van der Waals surface area contributed by atoms with E-state index >= 15 is 0 Å². The average Bonchev–Trinajstić information content (AvgIpc) is 3.17. The topological polar surface area (TPSA) is 70.7 Å². The molecule has 0 saturated heterocycles. The van der Waals surface area contributed by atoms with Crippen molar-refractivity contribution in [1.82, 2.24) is 15.0 Å². The van der Waals surface area contributed by atoms with Crippen molar-refractivity contribution in [1.29, 1.82) is 0 Å². The summed E-state index contributed by atoms with van der Waals surface area (Å²) in [6.07, 6.45) is 3.43. The van der Waals surface area contributed by atoms with Crippen LogP contribution in [-0.4, -0.2) is 26.6 Å². The number of carbonyl (C=O) groups is 1. The Balaban J connectivity index is 1.57. The molecule has 1 aromatic carbocycles. The van der Waals surface area contributed by atoms with Gasteiger partial charge in [-0.3, -0.25) is 4.79 Å². The van der Waals surface area contributed by atoms with Crippen LogP contribution in [0.1, 0.15) is 0 Å². The van der Waals surface area contributed by atoms with Gasteiger partial charge in [0, 0.05) is 16.0 Å². The van der Waals surface area contributed by atoms with Crippen LogP contribution in [-0.2, 0) is 4.79 Å². The molecule has 0 saturated carbocycles. The molecule has 0 aliphatic heterocycles. The van der Waals surface area contributed by atoms with Crippen LogP contribution in [0.2, 0.25) is 0 Å². The quantitative estimate of drug-likeness (QED) is 0.640. The van der Waals surface area contributed by atoms with Gasteiger partial charge in [-0.15, -0.1) is 11.3 Å². The lowest BCUT2D eigenvalue weighted by atomic mass is 10.2. The Hall–Kier alpha value is -1.64. The van der Waals surface area contributed by atoms with Crippen molar-refractivity contribution in [3.63, 3.8) is 0 Å². The van der Waals surface area contributed by atoms with Crippen molar-refractivity contribution in [2.45, 2.75) is 5.16 Å². The number of carbonyl (C=O) groups excluding carboxylic acids is 1. The fraction of sp³-hybridized carbons (Fsp3) is 0.0714. The van der Waals surface area contributed by atoms with Gasteiger partial charge in [-0.2, -0.15) is 0 Å². The highest BCUT2D eigenvalue weighted by Crippen LogP contribution is 2.23. The Kier molecular flexibility index (Phi) is 4.91. The van der Waals surface area contributed by atoms with Crippen LogP contribution in [0.15, 0.2) is 51.7 Å². The highest BCUT2D eigenvalue weighted by atomic mass is 79.9. The molecule has 0 radical (unpaired) electrons. The molecule has 1 amide bonds. The van der Waals surface area contributed by atoms with Gasteiger partial charge >= 0.3 is 0 Å². The van der Waals surface area contributed by atoms with E-state index in [1.165, 1.54) is 23.1 Å². The van der Waals surface area contributed by atoms with E-state index in [-0.39, 0.29) is 11.7 Å². The molecule has 0 bridgehead atoms. The normalized spacial score (nSPS) is 10.6. The molecule has 0 fully saturated rings. The molecule has 22 heavy (non-hydrogen) atoms. The Labute approximate surface area is 143 Å². The minimum absolute atomic E-state index is 0.0958. The summed E-state index contributed by atoms with van der Waals surface area (Å²) < 4.78 is 1.03. The number of aromatic nitrogens is 3. The van der Waals surface area contributed by atoms with Crippen molar-refractivity contribution < 1.29 is 4.79 Å². The molecular weight excluding hydrogens is 384 g/mol. The van der Waals surface area contributed by atoms with Crippen LogP contribution >= 0.6 is 39.0 Å². The molecule has 3 aromatic rings. The number of hydrogen-bond donors (Lipinski definition) is 2. The highest BCUT2D eigenvalue weighted by molar-refractivity contribution is 9.10. The molecule has 3 rings (SSSR count). The van der Waals surface area contributed by atoms with Crippen molar-refractivity contribution in [2.24, 2.45) is 0 Å². The Morgan fingerprint density at radius 3 is 2.86 bits per heavy atom. The van der Waals surface area contributed by atoms with E-state index < -0.39 is 0 Å². The Bertz CT molecular complexity index is 756. The summed E-state index contributed by atoms with van der Waals surface area (Å²) in [5.74, 6) is 0.189. The number of halogens is 1. The van der Waals surface area contributed by atoms with Crippen LogP contribution in [0.25, 0.3) is 11.3 Å². The first kappa shape index (κ1) is 15.3. The maximum absolute atomic E-state index is 11.8. The van der Waals surface area contributed by atoms with Gasteiger partial charge < -0.3 is 10.3 Å². The summed E-state index contributed by atoms with van der Waals surface area (Å²) in [5.41, 5.74) is 1.98. The summed E-state index contributed by atoms with van der Waals surface area (Å²) in [6.45, 7) is 0. The van der Waals surface area contributed by atoms with Crippen molar-refractivity contribution in [3.8, 4) is 11.3 Å². The molecule has 0 atom stereocenters. The first-order valence-corrected chi connectivity index (χ1v) is 8.99. The number of thioether (sulfide) groups is 1. The van der Waals surface area contributed by atoms with Crippen molar-refractivity contribution in [2.75, 3.05) is 11.1 Å². The van der Waals surface area contributed by atoms with Gasteiger partial charge in [0.1, 0.15) is 0 Å². The number of benzene rings is 1. The smallest absolute Gasteiger partial charge is 0.236 e. The number of imidazole rings is 1. The predicted molar refractivity (Wildman–Crippen MR) is 93.2 cm³/mol. The SMILES string of the molecule is O=C(CSc1ncc(-c2ccc(Br)cc2)[nH]1)Nc1nccs1. The van der Waals surface area contributed by atoms with Gasteiger partial charge in [0.2, 0.25) is 5.91 Å². The number of hydrogen-bond acceptors (Lipinski definition) is 5. The third-order valence-corrected chi connectivity index (χ3v) is 4.83. The number of rotatable bonds is 5. The first-order chi connectivity index (χ1) is 10.7. The van der Waals surface area contributed by atoms with Gasteiger partial charge in [0.15, 0.2) is 10.3 Å². The molecule has 112 valence electrons. The number of nitrogens with zero attached hydrogens (tertiary/aromatic N) is 2. The fourth-order valence-corrected chi connectivity index (χ4v) is 3.19. The van der Waals surface area contributed by atoms with E-state index in [9.17, 15) is 4.79 Å². The first-order valence-electron chi connectivity index (χ1n) is 6.34. The zero-order chi connectivity index (χ0) is 15.4. The number of amides is 1. The maximum atomic E-state index is 11.8. The second kappa shape index (κ2) is 7.08. The predicted octanol–water partition coefficient (Wildman–Crippen LogP) is 4.03. The van der Waals surface area contributed by atoms with Crippen molar-refractivity contribution >= 4 is 50.1 Å². The molecule has 8 heteroatoms. The number of nitrogens with one attached hydrogen (secondary N) is 2. The zero-order valence-electron chi connectivity index (χ0n) is 11.2. The largest absolute Gasteiger partial charge is 0.333 e. The Morgan fingerprint density at radius 2 is 2.14 bits per heavy atom. The lowest BCUT2D eigenvalue weighted by molar-refractivity contribution is -0.113. The van der Waals surface area contributed by atoms with Crippen LogP contribution in [0.4, 0.5) is 5.13 Å². The summed E-state index contributed by atoms with van der Waals surface area (Å²) in [7, 11) is 0. The van der Waals surface area contributed by atoms with Gasteiger partial charge in [-0.25, -0.2) is 9.97 Å². The number of H-pyrrole nitrogens is 1. The minimum atomic E-state index is -0.0958. The summed E-state index contributed by atoms with van der Waals surface area (Å²) in [5, 5.41) is 5.88. The van der Waals surface area contributed by atoms with Crippen molar-refractivity contribution in [3.05, 3.63) is 46.5 Å². The number of anilines is 1. The zero-order valence-corrected chi connectivity index (χ0v) is 14.5. The van der Waals surface area contributed by atoms with Gasteiger partial charge in [0.05, 0.1) is 17.6 Å². The van der Waals surface area contributed by atoms with E-state index in [1.54, 1.807) is 12.4 Å². The molecule has 0 spiro atoms. The average molecular weight is 395 g/mol. The third kappa shape index (κ3) is 3.96. The second-order valence-electron chi connectivity index (χ2n) is 4.28. The molecule has 0 aliphatic carbocycles. The molecular formula is C14H11BrN4OS2. The molecule has 0 unspecified atom stereocenters. The molecule has 2 heterocycles. The summed E-state index contributed by atoms with van der Waals surface area (Å²) in [6, 6.07) is 7.96. The van der Waals surface area contributed by atoms with Gasteiger partial charge in [0.25, 0.3) is 0 Å². The van der Waals surface area contributed by atoms with Crippen LogP contribution in [0.5, 0.6) is 0 Å². The maximum Gasteiger partial charge on any atom is 0.236 e. The molecule has 2 N–H and O–H groups in total. The van der Waals surface area contributed by atoms with E-state index in [1.807, 2.05) is 29.6 Å². The number of thiazole rings is 1.